The molecule has 3 heteroatoms. The van der Waals surface area contributed by atoms with Crippen LogP contribution in [0.15, 0.2) is 36.5 Å². The van der Waals surface area contributed by atoms with Gasteiger partial charge in [-0.3, -0.25) is 0 Å². The second-order valence-electron chi connectivity index (χ2n) is 8.46. The molecule has 0 bridgehead atoms. The van der Waals surface area contributed by atoms with Crippen molar-refractivity contribution < 1.29 is 9.90 Å². The van der Waals surface area contributed by atoms with Crippen LogP contribution in [0.4, 0.5) is 0 Å². The van der Waals surface area contributed by atoms with Gasteiger partial charge in [0.15, 0.2) is 0 Å². The highest BCUT2D eigenvalue weighted by Gasteiger charge is 2.36. The van der Waals surface area contributed by atoms with Gasteiger partial charge in [0.05, 0.1) is 0 Å². The smallest absolute Gasteiger partial charge is 0.328 e. The minimum atomic E-state index is -0.930. The number of nitrogens with zero attached hydrogens (tertiary/aromatic N) is 1. The van der Waals surface area contributed by atoms with E-state index in [4.69, 9.17) is 5.11 Å². The standard InChI is InChI=1S/C22H27NO2/c1-21(2)10-11-22(3,4)19-13-15(6-8-18(19)21)16-12-17(23(5)14-16)7-9-20(24)25/h6-9,12-14H,10-11H2,1-5H3,(H,24,25). The largest absolute Gasteiger partial charge is 0.478 e. The van der Waals surface area contributed by atoms with Crippen molar-refractivity contribution in [2.24, 2.45) is 7.05 Å². The van der Waals surface area contributed by atoms with Crippen LogP contribution in [-0.4, -0.2) is 15.6 Å². The minimum absolute atomic E-state index is 0.182. The van der Waals surface area contributed by atoms with Crippen LogP contribution in [0.5, 0.6) is 0 Å². The summed E-state index contributed by atoms with van der Waals surface area (Å²) in [6.45, 7) is 9.32. The second-order valence-corrected chi connectivity index (χ2v) is 8.46. The molecule has 2 aromatic rings. The van der Waals surface area contributed by atoms with Gasteiger partial charge in [-0.2, -0.15) is 0 Å². The van der Waals surface area contributed by atoms with Crippen LogP contribution < -0.4 is 0 Å². The van der Waals surface area contributed by atoms with Crippen molar-refractivity contribution in [2.75, 3.05) is 0 Å². The summed E-state index contributed by atoms with van der Waals surface area (Å²) < 4.78 is 1.96. The first-order chi connectivity index (χ1) is 11.6. The topological polar surface area (TPSA) is 42.2 Å². The van der Waals surface area contributed by atoms with E-state index in [0.29, 0.717) is 0 Å². The Balaban J connectivity index is 2.06. The van der Waals surface area contributed by atoms with Gasteiger partial charge in [-0.1, -0.05) is 45.9 Å². The molecule has 3 rings (SSSR count). The predicted octanol–water partition coefficient (Wildman–Crippen LogP) is 5.14. The van der Waals surface area contributed by atoms with Gasteiger partial charge >= 0.3 is 5.97 Å². The first kappa shape index (κ1) is 17.5. The maximum absolute atomic E-state index is 10.8. The molecule has 132 valence electrons. The summed E-state index contributed by atoms with van der Waals surface area (Å²) in [6.07, 6.45) is 7.28. The summed E-state index contributed by atoms with van der Waals surface area (Å²) in [5.74, 6) is -0.930. The number of hydrogen-bond donors (Lipinski definition) is 1. The lowest BCUT2D eigenvalue weighted by molar-refractivity contribution is -0.131. The molecule has 1 N–H and O–H groups in total. The van der Waals surface area contributed by atoms with Crippen LogP contribution in [-0.2, 0) is 22.7 Å². The van der Waals surface area contributed by atoms with Crippen LogP contribution in [0.2, 0.25) is 0 Å². The summed E-state index contributed by atoms with van der Waals surface area (Å²) in [6, 6.07) is 8.85. The minimum Gasteiger partial charge on any atom is -0.478 e. The van der Waals surface area contributed by atoms with Gasteiger partial charge in [-0.05, 0) is 58.1 Å². The molecule has 0 radical (unpaired) electrons. The van der Waals surface area contributed by atoms with Crippen LogP contribution in [0.1, 0.15) is 57.4 Å². The number of benzene rings is 1. The van der Waals surface area contributed by atoms with Crippen LogP contribution in [0, 0.1) is 0 Å². The molecule has 0 atom stereocenters. The third kappa shape index (κ3) is 3.28. The number of carbonyl (C=O) groups is 1. The molecule has 0 amide bonds. The van der Waals surface area contributed by atoms with E-state index in [2.05, 4.69) is 52.1 Å². The quantitative estimate of drug-likeness (QED) is 0.788. The van der Waals surface area contributed by atoms with Crippen molar-refractivity contribution in [3.8, 4) is 11.1 Å². The van der Waals surface area contributed by atoms with E-state index in [1.54, 1.807) is 6.08 Å². The van der Waals surface area contributed by atoms with Gasteiger partial charge in [-0.15, -0.1) is 0 Å². The number of fused-ring (bicyclic) bond motifs is 1. The Morgan fingerprint density at radius 1 is 1.04 bits per heavy atom. The normalized spacial score (nSPS) is 18.3. The van der Waals surface area contributed by atoms with Crippen molar-refractivity contribution in [1.29, 1.82) is 0 Å². The average Bonchev–Trinajstić information content (AvgIpc) is 2.91. The average molecular weight is 337 g/mol. The molecule has 1 aliphatic rings. The van der Waals surface area contributed by atoms with Crippen molar-refractivity contribution in [2.45, 2.75) is 51.4 Å². The molecule has 1 aliphatic carbocycles. The van der Waals surface area contributed by atoms with Gasteiger partial charge in [0.1, 0.15) is 0 Å². The number of carboxylic acids is 1. The van der Waals surface area contributed by atoms with E-state index in [-0.39, 0.29) is 10.8 Å². The molecule has 0 saturated carbocycles. The molecule has 1 aromatic heterocycles. The monoisotopic (exact) mass is 337 g/mol. The Hall–Kier alpha value is -2.29. The summed E-state index contributed by atoms with van der Waals surface area (Å²) in [7, 11) is 1.94. The van der Waals surface area contributed by atoms with Gasteiger partial charge in [0.25, 0.3) is 0 Å². The molecule has 25 heavy (non-hydrogen) atoms. The predicted molar refractivity (Wildman–Crippen MR) is 103 cm³/mol. The molecular formula is C22H27NO2. The highest BCUT2D eigenvalue weighted by molar-refractivity contribution is 5.85. The Morgan fingerprint density at radius 3 is 2.32 bits per heavy atom. The summed E-state index contributed by atoms with van der Waals surface area (Å²) in [5.41, 5.74) is 6.48. The Bertz CT molecular complexity index is 853. The molecule has 0 aliphatic heterocycles. The molecule has 0 saturated heterocycles. The zero-order valence-corrected chi connectivity index (χ0v) is 15.8. The number of aromatic nitrogens is 1. The lowest BCUT2D eigenvalue weighted by Gasteiger charge is -2.42. The second kappa shape index (κ2) is 5.91. The molecule has 3 nitrogen and oxygen atoms in total. The van der Waals surface area contributed by atoms with E-state index in [9.17, 15) is 4.79 Å². The van der Waals surface area contributed by atoms with Gasteiger partial charge < -0.3 is 9.67 Å². The van der Waals surface area contributed by atoms with Crippen LogP contribution in [0.3, 0.4) is 0 Å². The number of carboxylic acid groups (broad SMARTS) is 1. The Kier molecular flexibility index (Phi) is 4.14. The van der Waals surface area contributed by atoms with Crippen LogP contribution >= 0.6 is 0 Å². The summed E-state index contributed by atoms with van der Waals surface area (Å²) in [4.78, 5) is 10.8. The lowest BCUT2D eigenvalue weighted by atomic mass is 9.63. The fraction of sp³-hybridized carbons (Fsp3) is 0.409. The number of aryl methyl sites for hydroxylation is 1. The first-order valence-corrected chi connectivity index (χ1v) is 8.83. The third-order valence-electron chi connectivity index (χ3n) is 5.63. The van der Waals surface area contributed by atoms with Gasteiger partial charge in [0.2, 0.25) is 0 Å². The fourth-order valence-electron chi connectivity index (χ4n) is 3.83. The molecule has 0 unspecified atom stereocenters. The van der Waals surface area contributed by atoms with E-state index in [1.165, 1.54) is 35.6 Å². The highest BCUT2D eigenvalue weighted by Crippen LogP contribution is 2.46. The van der Waals surface area contributed by atoms with E-state index >= 15 is 0 Å². The SMILES string of the molecule is Cn1cc(-c2ccc3c(c2)C(C)(C)CCC3(C)C)cc1C=CC(=O)O. The number of aliphatic carboxylic acids is 1. The summed E-state index contributed by atoms with van der Waals surface area (Å²) in [5, 5.41) is 8.83. The lowest BCUT2D eigenvalue weighted by Crippen LogP contribution is -2.33. The van der Waals surface area contributed by atoms with Crippen molar-refractivity contribution in [3.05, 3.63) is 53.4 Å². The third-order valence-corrected chi connectivity index (χ3v) is 5.63. The summed E-state index contributed by atoms with van der Waals surface area (Å²) >= 11 is 0. The van der Waals surface area contributed by atoms with Crippen LogP contribution in [0.25, 0.3) is 17.2 Å². The van der Waals surface area contributed by atoms with E-state index in [1.807, 2.05) is 17.7 Å². The molecule has 0 fully saturated rings. The zero-order valence-electron chi connectivity index (χ0n) is 15.8. The molecule has 1 heterocycles. The zero-order chi connectivity index (χ0) is 18.4. The van der Waals surface area contributed by atoms with Gasteiger partial charge in [0, 0.05) is 25.0 Å². The maximum atomic E-state index is 10.8. The molecule has 1 aromatic carbocycles. The van der Waals surface area contributed by atoms with Crippen molar-refractivity contribution in [1.82, 2.24) is 4.57 Å². The highest BCUT2D eigenvalue weighted by atomic mass is 16.4. The maximum Gasteiger partial charge on any atom is 0.328 e. The van der Waals surface area contributed by atoms with Gasteiger partial charge in [-0.25, -0.2) is 4.79 Å². The van der Waals surface area contributed by atoms with E-state index < -0.39 is 5.97 Å². The molecular weight excluding hydrogens is 310 g/mol. The van der Waals surface area contributed by atoms with E-state index in [0.717, 1.165) is 11.3 Å². The van der Waals surface area contributed by atoms with Crippen molar-refractivity contribution >= 4 is 12.0 Å². The van der Waals surface area contributed by atoms with Crippen molar-refractivity contribution in [3.63, 3.8) is 0 Å². The Labute approximate surface area is 150 Å². The number of rotatable bonds is 3. The molecule has 0 spiro atoms. The fourth-order valence-corrected chi connectivity index (χ4v) is 3.83. The Morgan fingerprint density at radius 2 is 1.68 bits per heavy atom. The first-order valence-electron chi connectivity index (χ1n) is 8.83. The number of hydrogen-bond acceptors (Lipinski definition) is 1.